The normalized spacial score (nSPS) is 12.6. The van der Waals surface area contributed by atoms with Gasteiger partial charge in [-0.25, -0.2) is 10.8 Å². The van der Waals surface area contributed by atoms with Crippen LogP contribution in [0.5, 0.6) is 5.75 Å². The van der Waals surface area contributed by atoms with Crippen molar-refractivity contribution in [2.75, 3.05) is 6.61 Å². The van der Waals surface area contributed by atoms with E-state index in [9.17, 15) is 4.79 Å². The molecule has 0 aliphatic rings. The standard InChI is InChI=1S/C14H20N4O2S/c1-4-20-9-5-6-10-11(7-9)17-14(16-10)21-12(8(2)3)13(19)18-15/h5-8,12H,4,15H2,1-3H3,(H,16,17)(H,18,19). The molecule has 2 aromatic rings. The van der Waals surface area contributed by atoms with Gasteiger partial charge in [-0.3, -0.25) is 10.2 Å². The van der Waals surface area contributed by atoms with E-state index in [4.69, 9.17) is 10.6 Å². The third kappa shape index (κ3) is 3.68. The summed E-state index contributed by atoms with van der Waals surface area (Å²) in [6, 6.07) is 5.69. The molecular weight excluding hydrogens is 288 g/mol. The largest absolute Gasteiger partial charge is 0.494 e. The number of H-pyrrole nitrogens is 1. The van der Waals surface area contributed by atoms with Crippen molar-refractivity contribution >= 4 is 28.7 Å². The summed E-state index contributed by atoms with van der Waals surface area (Å²) in [4.78, 5) is 19.5. The highest BCUT2D eigenvalue weighted by Crippen LogP contribution is 2.29. The predicted octanol–water partition coefficient (Wildman–Crippen LogP) is 2.07. The Morgan fingerprint density at radius 2 is 2.29 bits per heavy atom. The molecule has 0 fully saturated rings. The van der Waals surface area contributed by atoms with Crippen LogP contribution < -0.4 is 16.0 Å². The van der Waals surface area contributed by atoms with Crippen molar-refractivity contribution < 1.29 is 9.53 Å². The van der Waals surface area contributed by atoms with E-state index in [1.807, 2.05) is 39.0 Å². The number of carbonyl (C=O) groups is 1. The Morgan fingerprint density at radius 1 is 1.52 bits per heavy atom. The molecule has 4 N–H and O–H groups in total. The van der Waals surface area contributed by atoms with Gasteiger partial charge in [0, 0.05) is 6.07 Å². The number of nitrogens with zero attached hydrogens (tertiary/aromatic N) is 1. The molecule has 7 heteroatoms. The first-order chi connectivity index (χ1) is 10.0. The van der Waals surface area contributed by atoms with E-state index in [0.29, 0.717) is 11.8 Å². The lowest BCUT2D eigenvalue weighted by Gasteiger charge is -2.16. The number of carbonyl (C=O) groups excluding carboxylic acids is 1. The number of nitrogens with two attached hydrogens (primary N) is 1. The molecule has 0 radical (unpaired) electrons. The third-order valence-electron chi connectivity index (χ3n) is 2.99. The lowest BCUT2D eigenvalue weighted by Crippen LogP contribution is -2.40. The summed E-state index contributed by atoms with van der Waals surface area (Å²) in [5.74, 6) is 5.97. The van der Waals surface area contributed by atoms with Crippen molar-refractivity contribution in [1.29, 1.82) is 0 Å². The number of hydrogen-bond acceptors (Lipinski definition) is 5. The summed E-state index contributed by atoms with van der Waals surface area (Å²) in [7, 11) is 0. The Morgan fingerprint density at radius 3 is 2.90 bits per heavy atom. The Hall–Kier alpha value is -1.73. The minimum absolute atomic E-state index is 0.144. The van der Waals surface area contributed by atoms with Crippen molar-refractivity contribution in [2.45, 2.75) is 31.2 Å². The fourth-order valence-electron chi connectivity index (χ4n) is 1.97. The van der Waals surface area contributed by atoms with E-state index in [-0.39, 0.29) is 17.1 Å². The number of hydrazine groups is 1. The average molecular weight is 308 g/mol. The van der Waals surface area contributed by atoms with Gasteiger partial charge < -0.3 is 9.72 Å². The number of nitrogens with one attached hydrogen (secondary N) is 2. The number of hydrogen-bond donors (Lipinski definition) is 3. The maximum absolute atomic E-state index is 11.8. The number of aromatic amines is 1. The topological polar surface area (TPSA) is 93.0 Å². The molecule has 0 saturated carbocycles. The van der Waals surface area contributed by atoms with Crippen LogP contribution >= 0.6 is 11.8 Å². The summed E-state index contributed by atoms with van der Waals surface area (Å²) in [6.45, 7) is 6.51. The van der Waals surface area contributed by atoms with Crippen LogP contribution in [0.2, 0.25) is 0 Å². The molecular formula is C14H20N4O2S. The van der Waals surface area contributed by atoms with Crippen LogP contribution in [0, 0.1) is 5.92 Å². The summed E-state index contributed by atoms with van der Waals surface area (Å²) >= 11 is 1.37. The molecule has 1 heterocycles. The number of aromatic nitrogens is 2. The molecule has 1 aromatic carbocycles. The smallest absolute Gasteiger partial charge is 0.247 e. The van der Waals surface area contributed by atoms with Gasteiger partial charge in [0.2, 0.25) is 5.91 Å². The molecule has 6 nitrogen and oxygen atoms in total. The number of imidazole rings is 1. The van der Waals surface area contributed by atoms with Gasteiger partial charge in [-0.2, -0.15) is 0 Å². The molecule has 1 atom stereocenters. The zero-order chi connectivity index (χ0) is 15.4. The molecule has 0 aliphatic heterocycles. The van der Waals surface area contributed by atoms with E-state index in [1.165, 1.54) is 11.8 Å². The Bertz CT molecular complexity index is 626. The number of benzene rings is 1. The maximum Gasteiger partial charge on any atom is 0.247 e. The van der Waals surface area contributed by atoms with E-state index in [1.54, 1.807) is 0 Å². The molecule has 1 amide bonds. The van der Waals surface area contributed by atoms with Crippen LogP contribution in [0.1, 0.15) is 20.8 Å². The lowest BCUT2D eigenvalue weighted by atomic mass is 10.1. The zero-order valence-electron chi connectivity index (χ0n) is 12.3. The minimum Gasteiger partial charge on any atom is -0.494 e. The average Bonchev–Trinajstić information content (AvgIpc) is 2.85. The molecule has 1 unspecified atom stereocenters. The first-order valence-electron chi connectivity index (χ1n) is 6.84. The Labute approximate surface area is 127 Å². The fraction of sp³-hybridized carbons (Fsp3) is 0.429. The van der Waals surface area contributed by atoms with Crippen LogP contribution in [0.25, 0.3) is 11.0 Å². The maximum atomic E-state index is 11.8. The van der Waals surface area contributed by atoms with E-state index in [0.717, 1.165) is 16.8 Å². The SMILES string of the molecule is CCOc1ccc2nc(SC(C(=O)NN)C(C)C)[nH]c2c1. The highest BCUT2D eigenvalue weighted by Gasteiger charge is 2.24. The minimum atomic E-state index is -0.290. The molecule has 21 heavy (non-hydrogen) atoms. The van der Waals surface area contributed by atoms with Gasteiger partial charge in [-0.15, -0.1) is 0 Å². The molecule has 114 valence electrons. The van der Waals surface area contributed by atoms with Crippen LogP contribution in [0.4, 0.5) is 0 Å². The van der Waals surface area contributed by atoms with Crippen molar-refractivity contribution in [3.63, 3.8) is 0 Å². The molecule has 0 bridgehead atoms. The van der Waals surface area contributed by atoms with Crippen molar-refractivity contribution in [2.24, 2.45) is 11.8 Å². The van der Waals surface area contributed by atoms with E-state index in [2.05, 4.69) is 15.4 Å². The molecule has 2 rings (SSSR count). The van der Waals surface area contributed by atoms with Crippen LogP contribution in [0.3, 0.4) is 0 Å². The van der Waals surface area contributed by atoms with Gasteiger partial charge >= 0.3 is 0 Å². The van der Waals surface area contributed by atoms with Gasteiger partial charge in [-0.05, 0) is 25.0 Å². The van der Waals surface area contributed by atoms with Gasteiger partial charge in [0.15, 0.2) is 5.16 Å². The quantitative estimate of drug-likeness (QED) is 0.329. The summed E-state index contributed by atoms with van der Waals surface area (Å²) < 4.78 is 5.46. The highest BCUT2D eigenvalue weighted by molar-refractivity contribution is 8.00. The monoisotopic (exact) mass is 308 g/mol. The second-order valence-corrected chi connectivity index (χ2v) is 6.08. The molecule has 0 aliphatic carbocycles. The highest BCUT2D eigenvalue weighted by atomic mass is 32.2. The number of ether oxygens (including phenoxy) is 1. The molecule has 1 aromatic heterocycles. The summed E-state index contributed by atoms with van der Waals surface area (Å²) in [5, 5.41) is 0.405. The van der Waals surface area contributed by atoms with Crippen LogP contribution in [0.15, 0.2) is 23.4 Å². The second kappa shape index (κ2) is 6.82. The first-order valence-corrected chi connectivity index (χ1v) is 7.72. The number of amides is 1. The number of thioether (sulfide) groups is 1. The number of fused-ring (bicyclic) bond motifs is 1. The van der Waals surface area contributed by atoms with Crippen LogP contribution in [-0.4, -0.2) is 27.7 Å². The van der Waals surface area contributed by atoms with Gasteiger partial charge in [-0.1, -0.05) is 25.6 Å². The lowest BCUT2D eigenvalue weighted by molar-refractivity contribution is -0.121. The van der Waals surface area contributed by atoms with Crippen LogP contribution in [-0.2, 0) is 4.79 Å². The van der Waals surface area contributed by atoms with Gasteiger partial charge in [0.05, 0.1) is 22.9 Å². The second-order valence-electron chi connectivity index (χ2n) is 4.94. The fourth-order valence-corrected chi connectivity index (χ4v) is 2.98. The van der Waals surface area contributed by atoms with Gasteiger partial charge in [0.1, 0.15) is 5.75 Å². The Kier molecular flexibility index (Phi) is 5.08. The predicted molar refractivity (Wildman–Crippen MR) is 84.1 cm³/mol. The van der Waals surface area contributed by atoms with Crippen molar-refractivity contribution in [1.82, 2.24) is 15.4 Å². The zero-order valence-corrected chi connectivity index (χ0v) is 13.2. The number of rotatable bonds is 6. The molecule has 0 spiro atoms. The van der Waals surface area contributed by atoms with E-state index < -0.39 is 0 Å². The third-order valence-corrected chi connectivity index (χ3v) is 4.42. The summed E-state index contributed by atoms with van der Waals surface area (Å²) in [5.41, 5.74) is 3.94. The molecule has 0 saturated heterocycles. The van der Waals surface area contributed by atoms with Gasteiger partial charge in [0.25, 0.3) is 0 Å². The van der Waals surface area contributed by atoms with E-state index >= 15 is 0 Å². The Balaban J connectivity index is 2.23. The first kappa shape index (κ1) is 15.7. The van der Waals surface area contributed by atoms with Crippen molar-refractivity contribution in [3.8, 4) is 5.75 Å². The van der Waals surface area contributed by atoms with Crippen molar-refractivity contribution in [3.05, 3.63) is 18.2 Å². The summed E-state index contributed by atoms with van der Waals surface area (Å²) in [6.07, 6.45) is 0.